The van der Waals surface area contributed by atoms with Gasteiger partial charge in [-0.2, -0.15) is 0 Å². The van der Waals surface area contributed by atoms with Crippen molar-refractivity contribution in [3.05, 3.63) is 87.9 Å². The van der Waals surface area contributed by atoms with E-state index in [2.05, 4.69) is 0 Å². The first-order valence-corrected chi connectivity index (χ1v) is 11.5. The number of carbonyl (C=O) groups excluding carboxylic acids is 3. The average molecular weight is 571 g/mol. The van der Waals surface area contributed by atoms with Crippen LogP contribution >= 0.6 is 34.8 Å². The second-order valence-electron chi connectivity index (χ2n) is 6.84. The summed E-state index contributed by atoms with van der Waals surface area (Å²) in [5, 5.41) is 1.36. The molecule has 194 valence electrons. The topological polar surface area (TPSA) is 110 Å². The third-order valence-electron chi connectivity index (χ3n) is 4.04. The number of ether oxygens (including phenoxy) is 3. The molecule has 0 saturated carbocycles. The van der Waals surface area contributed by atoms with Gasteiger partial charge in [-0.25, -0.2) is 14.4 Å². The van der Waals surface area contributed by atoms with Crippen LogP contribution in [0.2, 0.25) is 15.1 Å². The minimum absolute atomic E-state index is 0.0608. The third-order valence-corrected chi connectivity index (χ3v) is 4.80. The average Bonchev–Trinajstić information content (AvgIpc) is 2.87. The number of halogens is 3. The Morgan fingerprint density at radius 1 is 0.486 bits per heavy atom. The SMILES string of the molecule is O=C(COc1ccc(Cl)cc1)ON(OC(=O)COc1ccc(Cl)cc1)OC(=O)COc1ccc(Cl)cc1. The van der Waals surface area contributed by atoms with E-state index in [-0.39, 0.29) is 5.39 Å². The molecule has 0 aliphatic carbocycles. The molecule has 0 saturated heterocycles. The maximum atomic E-state index is 12.2. The zero-order valence-corrected chi connectivity index (χ0v) is 21.1. The van der Waals surface area contributed by atoms with Gasteiger partial charge in [0.05, 0.1) is 0 Å². The standard InChI is InChI=1S/C24H18Cl3NO9/c25-16-1-7-19(8-2-16)32-13-22(29)35-28(36-23(30)14-33-20-9-3-17(26)4-10-20)37-24(31)15-34-21-11-5-18(27)6-12-21/h1-12H,13-15H2. The quantitative estimate of drug-likeness (QED) is 0.280. The van der Waals surface area contributed by atoms with E-state index >= 15 is 0 Å². The van der Waals surface area contributed by atoms with Crippen molar-refractivity contribution in [1.29, 1.82) is 0 Å². The summed E-state index contributed by atoms with van der Waals surface area (Å²) in [6.45, 7) is -1.85. The van der Waals surface area contributed by atoms with Gasteiger partial charge in [-0.05, 0) is 72.8 Å². The van der Waals surface area contributed by atoms with Gasteiger partial charge in [0.1, 0.15) is 17.2 Å². The van der Waals surface area contributed by atoms with Gasteiger partial charge in [0, 0.05) is 15.1 Å². The molecule has 0 aromatic heterocycles. The second-order valence-corrected chi connectivity index (χ2v) is 8.15. The van der Waals surface area contributed by atoms with Crippen LogP contribution in [0.3, 0.4) is 0 Å². The normalized spacial score (nSPS) is 10.4. The van der Waals surface area contributed by atoms with Crippen LogP contribution in [-0.4, -0.2) is 43.1 Å². The number of carbonyl (C=O) groups is 3. The summed E-state index contributed by atoms with van der Waals surface area (Å²) < 4.78 is 15.8. The van der Waals surface area contributed by atoms with Crippen molar-refractivity contribution in [3.63, 3.8) is 0 Å². The number of nitrogens with zero attached hydrogens (tertiary/aromatic N) is 1. The van der Waals surface area contributed by atoms with Crippen LogP contribution < -0.4 is 14.2 Å². The van der Waals surface area contributed by atoms with Crippen LogP contribution in [0, 0.1) is 0 Å². The van der Waals surface area contributed by atoms with Crippen molar-refractivity contribution in [2.24, 2.45) is 0 Å². The molecule has 0 heterocycles. The van der Waals surface area contributed by atoms with Crippen molar-refractivity contribution in [1.82, 2.24) is 5.39 Å². The Kier molecular flexibility index (Phi) is 10.7. The van der Waals surface area contributed by atoms with Crippen molar-refractivity contribution in [2.75, 3.05) is 19.8 Å². The molecule has 0 fully saturated rings. The monoisotopic (exact) mass is 569 g/mol. The highest BCUT2D eigenvalue weighted by molar-refractivity contribution is 6.31. The molecule has 13 heteroatoms. The molecule has 0 bridgehead atoms. The first-order chi connectivity index (χ1) is 17.8. The summed E-state index contributed by atoms with van der Waals surface area (Å²) in [5.74, 6) is -2.24. The number of rotatable bonds is 12. The minimum Gasteiger partial charge on any atom is -0.482 e. The maximum absolute atomic E-state index is 12.2. The molecular formula is C24H18Cl3NO9. The molecule has 0 unspecified atom stereocenters. The van der Waals surface area contributed by atoms with E-state index in [4.69, 9.17) is 63.5 Å². The summed E-state index contributed by atoms with van der Waals surface area (Å²) in [4.78, 5) is 50.9. The Hall–Kier alpha value is -3.70. The Bertz CT molecular complexity index is 1040. The second kappa shape index (κ2) is 14.1. The first-order valence-electron chi connectivity index (χ1n) is 10.3. The molecule has 0 atom stereocenters. The van der Waals surface area contributed by atoms with Crippen LogP contribution in [0.15, 0.2) is 72.8 Å². The third kappa shape index (κ3) is 10.4. The van der Waals surface area contributed by atoms with Crippen LogP contribution in [0.1, 0.15) is 0 Å². The molecule has 3 aromatic carbocycles. The first kappa shape index (κ1) is 27.9. The molecule has 3 aromatic rings. The van der Waals surface area contributed by atoms with E-state index in [0.717, 1.165) is 0 Å². The van der Waals surface area contributed by atoms with Crippen molar-refractivity contribution >= 4 is 52.7 Å². The summed E-state index contributed by atoms with van der Waals surface area (Å²) >= 11 is 17.4. The molecule has 0 aliphatic rings. The lowest BCUT2D eigenvalue weighted by Gasteiger charge is -2.17. The lowest BCUT2D eigenvalue weighted by Crippen LogP contribution is -2.37. The Labute approximate surface area is 225 Å². The van der Waals surface area contributed by atoms with Crippen molar-refractivity contribution in [2.45, 2.75) is 0 Å². The van der Waals surface area contributed by atoms with E-state index in [9.17, 15) is 14.4 Å². The van der Waals surface area contributed by atoms with Crippen LogP contribution in [0.5, 0.6) is 17.2 Å². The molecule has 0 aliphatic heterocycles. The maximum Gasteiger partial charge on any atom is 0.369 e. The summed E-state index contributed by atoms with van der Waals surface area (Å²) in [5.41, 5.74) is 0. The Morgan fingerprint density at radius 2 is 0.730 bits per heavy atom. The number of hydrogen-bond donors (Lipinski definition) is 0. The molecule has 37 heavy (non-hydrogen) atoms. The van der Waals surface area contributed by atoms with Gasteiger partial charge in [0.2, 0.25) is 5.39 Å². The largest absolute Gasteiger partial charge is 0.482 e. The smallest absolute Gasteiger partial charge is 0.369 e. The molecule has 0 N–H and O–H groups in total. The van der Waals surface area contributed by atoms with Gasteiger partial charge in [-0.3, -0.25) is 14.5 Å². The number of hydrogen-bond acceptors (Lipinski definition) is 10. The molecule has 3 rings (SSSR count). The molecule has 0 radical (unpaired) electrons. The fourth-order valence-corrected chi connectivity index (χ4v) is 2.78. The summed E-state index contributed by atoms with van der Waals surface area (Å²) in [6.07, 6.45) is 0. The van der Waals surface area contributed by atoms with Gasteiger partial charge >= 0.3 is 17.9 Å². The van der Waals surface area contributed by atoms with Crippen LogP contribution in [0.25, 0.3) is 0 Å². The van der Waals surface area contributed by atoms with Crippen molar-refractivity contribution < 1.29 is 43.1 Å². The highest BCUT2D eigenvalue weighted by atomic mass is 35.5. The zero-order valence-electron chi connectivity index (χ0n) is 18.8. The Balaban J connectivity index is 1.55. The predicted molar refractivity (Wildman–Crippen MR) is 131 cm³/mol. The van der Waals surface area contributed by atoms with Crippen LogP contribution in [0.4, 0.5) is 0 Å². The molecular weight excluding hydrogens is 553 g/mol. The van der Waals surface area contributed by atoms with Crippen LogP contribution in [-0.2, 0) is 28.9 Å². The summed E-state index contributed by atoms with van der Waals surface area (Å²) in [7, 11) is 0. The van der Waals surface area contributed by atoms with Gasteiger partial charge in [-0.1, -0.05) is 34.8 Å². The van der Waals surface area contributed by atoms with Gasteiger partial charge in [0.25, 0.3) is 0 Å². The molecule has 10 nitrogen and oxygen atoms in total. The number of benzene rings is 3. The van der Waals surface area contributed by atoms with E-state index in [0.29, 0.717) is 32.3 Å². The fourth-order valence-electron chi connectivity index (χ4n) is 2.40. The van der Waals surface area contributed by atoms with Gasteiger partial charge in [0.15, 0.2) is 19.8 Å². The zero-order chi connectivity index (χ0) is 26.6. The summed E-state index contributed by atoms with van der Waals surface area (Å²) in [6, 6.07) is 18.5. The van der Waals surface area contributed by atoms with Crippen molar-refractivity contribution in [3.8, 4) is 17.2 Å². The fraction of sp³-hybridized carbons (Fsp3) is 0.125. The lowest BCUT2D eigenvalue weighted by molar-refractivity contribution is -0.464. The minimum atomic E-state index is -1.06. The van der Waals surface area contributed by atoms with E-state index in [1.54, 1.807) is 36.4 Å². The lowest BCUT2D eigenvalue weighted by atomic mass is 10.3. The van der Waals surface area contributed by atoms with Gasteiger partial charge < -0.3 is 14.2 Å². The van der Waals surface area contributed by atoms with Gasteiger partial charge in [-0.15, -0.1) is 0 Å². The molecule has 0 spiro atoms. The Morgan fingerprint density at radius 3 is 0.973 bits per heavy atom. The predicted octanol–water partition coefficient (Wildman–Crippen LogP) is 4.86. The molecule has 0 amide bonds. The highest BCUT2D eigenvalue weighted by Crippen LogP contribution is 2.17. The van der Waals surface area contributed by atoms with E-state index in [1.165, 1.54) is 36.4 Å². The van der Waals surface area contributed by atoms with E-state index < -0.39 is 37.7 Å². The van der Waals surface area contributed by atoms with E-state index in [1.807, 2.05) is 0 Å². The highest BCUT2D eigenvalue weighted by Gasteiger charge is 2.24.